The number of carbonyl (C=O) groups excluding carboxylic acids is 5. The van der Waals surface area contributed by atoms with E-state index in [4.69, 9.17) is 15.7 Å². The van der Waals surface area contributed by atoms with Crippen molar-refractivity contribution in [3.05, 3.63) is 94.3 Å². The van der Waals surface area contributed by atoms with Crippen LogP contribution in [0.5, 0.6) is 11.5 Å². The van der Waals surface area contributed by atoms with Crippen LogP contribution in [0.4, 0.5) is 0 Å². The Kier molecular flexibility index (Phi) is 15.8. The molecule has 17 nitrogen and oxygen atoms in total. The van der Waals surface area contributed by atoms with Crippen molar-refractivity contribution in [2.45, 2.75) is 84.0 Å². The van der Waals surface area contributed by atoms with Crippen molar-refractivity contribution >= 4 is 29.5 Å². The lowest BCUT2D eigenvalue weighted by Gasteiger charge is -2.32. The smallest absolute Gasteiger partial charge is 0.255 e. The maximum atomic E-state index is 14.6. The molecule has 3 aromatic carbocycles. The zero-order valence-corrected chi connectivity index (χ0v) is 37.6. The Morgan fingerprint density at radius 3 is 2.31 bits per heavy atom. The highest BCUT2D eigenvalue weighted by Crippen LogP contribution is 2.39. The molecule has 4 aromatic rings. The molecule has 338 valence electrons. The Hall–Kier alpha value is -6.90. The quantitative estimate of drug-likeness (QED) is 0.0757. The zero-order valence-electron chi connectivity index (χ0n) is 37.6. The van der Waals surface area contributed by atoms with Gasteiger partial charge in [-0.05, 0) is 87.2 Å². The molecular weight excluding hydrogens is 817 g/mol. The zero-order chi connectivity index (χ0) is 46.9. The molecule has 4 bridgehead atoms. The fourth-order valence-corrected chi connectivity index (χ4v) is 7.46. The maximum absolute atomic E-state index is 14.6. The number of nitrogens with zero attached hydrogens (tertiary/aromatic N) is 4. The van der Waals surface area contributed by atoms with E-state index in [1.54, 1.807) is 51.2 Å². The van der Waals surface area contributed by atoms with Gasteiger partial charge in [-0.15, -0.1) is 0 Å². The van der Waals surface area contributed by atoms with E-state index in [1.807, 2.05) is 30.3 Å². The SMILES string of the molecule is CNCCOc1ccc2cc1-c1cc(ccc1O)C[C@@H](C(=O)NCC#N)NC(=O)[C@H](C)NC(=O)[C@H]2N(C)C(=O)C(CCN)NC(=O)c1c(C)nc(-c2ccc(C(C)(C)C)cc2)nc1C. The van der Waals surface area contributed by atoms with Gasteiger partial charge < -0.3 is 47.1 Å². The van der Waals surface area contributed by atoms with E-state index in [0.29, 0.717) is 40.6 Å². The first kappa shape index (κ1) is 48.1. The van der Waals surface area contributed by atoms with Crippen molar-refractivity contribution in [3.63, 3.8) is 0 Å². The molecule has 1 aromatic heterocycles. The number of likely N-dealkylation sites (N-methyl/N-ethyl adjacent to an activating group) is 2. The highest BCUT2D eigenvalue weighted by molar-refractivity contribution is 6.00. The summed E-state index contributed by atoms with van der Waals surface area (Å²) >= 11 is 0. The number of nitrogens with one attached hydrogen (secondary N) is 5. The number of benzene rings is 3. The molecule has 0 radical (unpaired) electrons. The molecule has 5 rings (SSSR count). The molecule has 1 aliphatic heterocycles. The molecule has 2 heterocycles. The molecule has 1 unspecified atom stereocenters. The van der Waals surface area contributed by atoms with Crippen LogP contribution in [-0.4, -0.2) is 108 Å². The monoisotopic (exact) mass is 874 g/mol. The summed E-state index contributed by atoms with van der Waals surface area (Å²) in [7, 11) is 3.17. The van der Waals surface area contributed by atoms with E-state index in [1.165, 1.54) is 24.9 Å². The van der Waals surface area contributed by atoms with E-state index in [-0.39, 0.29) is 60.4 Å². The predicted molar refractivity (Wildman–Crippen MR) is 241 cm³/mol. The Bertz CT molecular complexity index is 2400. The van der Waals surface area contributed by atoms with Crippen molar-refractivity contribution in [1.29, 1.82) is 5.26 Å². The van der Waals surface area contributed by atoms with Crippen LogP contribution in [0, 0.1) is 25.2 Å². The van der Waals surface area contributed by atoms with Crippen LogP contribution >= 0.6 is 0 Å². The number of aryl methyl sites for hydroxylation is 2. The van der Waals surface area contributed by atoms with E-state index in [0.717, 1.165) is 11.1 Å². The van der Waals surface area contributed by atoms with Crippen LogP contribution in [0.2, 0.25) is 0 Å². The Labute approximate surface area is 373 Å². The Morgan fingerprint density at radius 1 is 1.00 bits per heavy atom. The average Bonchev–Trinajstić information content (AvgIpc) is 3.25. The highest BCUT2D eigenvalue weighted by Gasteiger charge is 2.36. The van der Waals surface area contributed by atoms with E-state index in [9.17, 15) is 29.1 Å². The number of hydrogen-bond donors (Lipinski definition) is 7. The standard InChI is InChI=1S/C47H58N10O7/c1-26-39(27(2)53-41(52-26)30-10-13-32(14-11-30)47(4,5)6)44(61)55-35(17-18-48)46(63)57(8)40-31-12-16-38(64-22-21-50-7)34(25-31)33-23-29(9-15-37(33)58)24-36(43(60)51-20-19-49)56-42(59)28(3)54-45(40)62/h9-16,23,25,28,35-36,40,50,58H,17-18,20-22,24,48H2,1-8H3,(H,51,60)(H,54,62)(H,55,61)(H,56,59)/t28-,35?,36-,40-/m0/s1. The Morgan fingerprint density at radius 2 is 1.69 bits per heavy atom. The number of fused-ring (bicyclic) bond motifs is 5. The van der Waals surface area contributed by atoms with Crippen LogP contribution in [0.3, 0.4) is 0 Å². The number of amides is 5. The lowest BCUT2D eigenvalue weighted by Crippen LogP contribution is -2.56. The number of ether oxygens (including phenoxy) is 1. The number of rotatable bonds is 13. The summed E-state index contributed by atoms with van der Waals surface area (Å²) in [5, 5.41) is 34.1. The third kappa shape index (κ3) is 11.4. The van der Waals surface area contributed by atoms with Crippen LogP contribution in [0.25, 0.3) is 22.5 Å². The highest BCUT2D eigenvalue weighted by atomic mass is 16.5. The minimum absolute atomic E-state index is 0.00136. The van der Waals surface area contributed by atoms with Gasteiger partial charge in [-0.25, -0.2) is 9.97 Å². The number of nitriles is 1. The molecule has 1 aliphatic rings. The third-order valence-electron chi connectivity index (χ3n) is 11.0. The molecule has 64 heavy (non-hydrogen) atoms. The molecule has 17 heteroatoms. The lowest BCUT2D eigenvalue weighted by molar-refractivity contribution is -0.141. The topological polar surface area (TPSA) is 254 Å². The van der Waals surface area contributed by atoms with Gasteiger partial charge in [-0.3, -0.25) is 24.0 Å². The molecule has 8 N–H and O–H groups in total. The van der Waals surface area contributed by atoms with Crippen LogP contribution in [0.15, 0.2) is 60.7 Å². The van der Waals surface area contributed by atoms with Crippen molar-refractivity contribution in [1.82, 2.24) is 41.5 Å². The van der Waals surface area contributed by atoms with Gasteiger partial charge in [-0.2, -0.15) is 5.26 Å². The minimum atomic E-state index is -1.41. The maximum Gasteiger partial charge on any atom is 0.255 e. The number of hydrogen-bond acceptors (Lipinski definition) is 12. The van der Waals surface area contributed by atoms with Crippen molar-refractivity contribution < 1.29 is 33.8 Å². The van der Waals surface area contributed by atoms with Gasteiger partial charge in [0.1, 0.15) is 48.8 Å². The minimum Gasteiger partial charge on any atom is -0.507 e. The summed E-state index contributed by atoms with van der Waals surface area (Å²) in [5.41, 5.74) is 10.4. The van der Waals surface area contributed by atoms with Gasteiger partial charge in [-0.1, -0.05) is 57.2 Å². The average molecular weight is 875 g/mol. The third-order valence-corrected chi connectivity index (χ3v) is 11.0. The normalized spacial score (nSPS) is 16.8. The molecule has 0 saturated heterocycles. The molecule has 4 atom stereocenters. The summed E-state index contributed by atoms with van der Waals surface area (Å²) in [4.78, 5) is 80.5. The van der Waals surface area contributed by atoms with Crippen LogP contribution in [-0.2, 0) is 31.0 Å². The largest absolute Gasteiger partial charge is 0.507 e. The van der Waals surface area contributed by atoms with Crippen molar-refractivity contribution in [3.8, 4) is 40.1 Å². The first-order chi connectivity index (χ1) is 30.4. The molecule has 0 spiro atoms. The lowest BCUT2D eigenvalue weighted by atomic mass is 9.86. The first-order valence-corrected chi connectivity index (χ1v) is 21.1. The molecule has 0 fully saturated rings. The summed E-state index contributed by atoms with van der Waals surface area (Å²) < 4.78 is 6.13. The number of aromatic nitrogens is 2. The van der Waals surface area contributed by atoms with E-state index >= 15 is 0 Å². The van der Waals surface area contributed by atoms with Crippen LogP contribution < -0.4 is 37.1 Å². The predicted octanol–water partition coefficient (Wildman–Crippen LogP) is 2.86. The van der Waals surface area contributed by atoms with E-state index < -0.39 is 53.7 Å². The second-order valence-corrected chi connectivity index (χ2v) is 16.8. The fraction of sp³-hybridized carbons (Fsp3) is 0.404. The molecular formula is C47H58N10O7. The van der Waals surface area contributed by atoms with Crippen molar-refractivity contribution in [2.24, 2.45) is 5.73 Å². The Balaban J connectivity index is 1.54. The first-order valence-electron chi connectivity index (χ1n) is 21.1. The number of aromatic hydroxyl groups is 1. The summed E-state index contributed by atoms with van der Waals surface area (Å²) in [5.74, 6) is -2.74. The number of nitrogens with two attached hydrogens (primary N) is 1. The van der Waals surface area contributed by atoms with Crippen molar-refractivity contribution in [2.75, 3.05) is 40.3 Å². The van der Waals surface area contributed by atoms with Crippen LogP contribution in [0.1, 0.15) is 78.6 Å². The summed E-state index contributed by atoms with van der Waals surface area (Å²) in [6.07, 6.45) is -0.0277. The number of phenolic OH excluding ortho intramolecular Hbond substituents is 1. The second kappa shape index (κ2) is 21.0. The fourth-order valence-electron chi connectivity index (χ4n) is 7.46. The molecule has 0 aliphatic carbocycles. The van der Waals surface area contributed by atoms with Gasteiger partial charge in [0, 0.05) is 36.7 Å². The second-order valence-electron chi connectivity index (χ2n) is 16.8. The van der Waals surface area contributed by atoms with E-state index in [2.05, 4.69) is 57.3 Å². The molecule has 5 amide bonds. The summed E-state index contributed by atoms with van der Waals surface area (Å²) in [6.45, 7) is 11.6. The number of phenols is 1. The van der Waals surface area contributed by atoms with Gasteiger partial charge in [0.2, 0.25) is 23.6 Å². The van der Waals surface area contributed by atoms with Gasteiger partial charge >= 0.3 is 0 Å². The summed E-state index contributed by atoms with van der Waals surface area (Å²) in [6, 6.07) is 14.3. The molecule has 0 saturated carbocycles. The number of carbonyl (C=O) groups is 5. The van der Waals surface area contributed by atoms with Gasteiger partial charge in [0.15, 0.2) is 5.82 Å². The van der Waals surface area contributed by atoms with Gasteiger partial charge in [0.05, 0.1) is 23.0 Å². The van der Waals surface area contributed by atoms with Gasteiger partial charge in [0.25, 0.3) is 5.91 Å².